The number of hydrogen-bond donors (Lipinski definition) is 1. The molecule has 0 spiro atoms. The lowest BCUT2D eigenvalue weighted by molar-refractivity contribution is -0.148. The summed E-state index contributed by atoms with van der Waals surface area (Å²) in [5.74, 6) is -0.205. The van der Waals surface area contributed by atoms with Crippen LogP contribution in [-0.2, 0) is 20.7 Å². The number of rotatable bonds is 5. The minimum absolute atomic E-state index is 0.205. The van der Waals surface area contributed by atoms with E-state index in [-0.39, 0.29) is 12.0 Å². The number of carbonyl (C=O) groups excluding carboxylic acids is 1. The third kappa shape index (κ3) is 3.06. The monoisotopic (exact) mass is 255 g/mol. The number of ether oxygens (including phenoxy) is 2. The van der Waals surface area contributed by atoms with Crippen molar-refractivity contribution in [3.05, 3.63) is 21.9 Å². The predicted molar refractivity (Wildman–Crippen MR) is 66.2 cm³/mol. The lowest BCUT2D eigenvalue weighted by Crippen LogP contribution is -2.35. The van der Waals surface area contributed by atoms with Gasteiger partial charge in [0.25, 0.3) is 0 Å². The first-order valence-corrected chi connectivity index (χ1v) is 6.75. The number of hydrogen-bond acceptors (Lipinski definition) is 5. The lowest BCUT2D eigenvalue weighted by atomic mass is 10.0. The fraction of sp³-hybridized carbons (Fsp3) is 0.583. The maximum atomic E-state index is 11.9. The van der Waals surface area contributed by atoms with Gasteiger partial charge in [0.2, 0.25) is 0 Å². The van der Waals surface area contributed by atoms with Crippen molar-refractivity contribution < 1.29 is 14.3 Å². The van der Waals surface area contributed by atoms with Crippen molar-refractivity contribution in [2.24, 2.45) is 0 Å². The van der Waals surface area contributed by atoms with Crippen molar-refractivity contribution in [2.75, 3.05) is 26.4 Å². The van der Waals surface area contributed by atoms with E-state index in [1.165, 1.54) is 4.88 Å². The Hall–Kier alpha value is -0.910. The van der Waals surface area contributed by atoms with Crippen LogP contribution in [0, 0.1) is 0 Å². The van der Waals surface area contributed by atoms with Crippen LogP contribution in [0.25, 0.3) is 0 Å². The molecular formula is C12H17NO3S. The Morgan fingerprint density at radius 2 is 2.47 bits per heavy atom. The molecule has 0 saturated carbocycles. The molecule has 1 aromatic heterocycles. The van der Waals surface area contributed by atoms with Crippen LogP contribution in [0.1, 0.15) is 23.4 Å². The summed E-state index contributed by atoms with van der Waals surface area (Å²) in [5.41, 5.74) is 1.07. The second kappa shape index (κ2) is 6.14. The molecule has 1 atom stereocenters. The zero-order chi connectivity index (χ0) is 12.1. The van der Waals surface area contributed by atoms with Crippen molar-refractivity contribution in [3.63, 3.8) is 0 Å². The van der Waals surface area contributed by atoms with Crippen LogP contribution >= 0.6 is 11.3 Å². The number of carbonyl (C=O) groups is 1. The van der Waals surface area contributed by atoms with Crippen molar-refractivity contribution in [1.29, 1.82) is 0 Å². The summed E-state index contributed by atoms with van der Waals surface area (Å²) < 4.78 is 10.3. The van der Waals surface area contributed by atoms with Crippen LogP contribution in [0.2, 0.25) is 0 Å². The largest absolute Gasteiger partial charge is 0.462 e. The SMILES string of the molecule is CCOCCOC(=O)C1NCCc2sccc21. The third-order valence-electron chi connectivity index (χ3n) is 2.70. The van der Waals surface area contributed by atoms with E-state index in [4.69, 9.17) is 9.47 Å². The number of esters is 1. The van der Waals surface area contributed by atoms with E-state index in [1.807, 2.05) is 18.4 Å². The van der Waals surface area contributed by atoms with Crippen LogP contribution in [-0.4, -0.2) is 32.3 Å². The molecule has 0 aliphatic carbocycles. The first-order chi connectivity index (χ1) is 8.33. The maximum Gasteiger partial charge on any atom is 0.327 e. The first-order valence-electron chi connectivity index (χ1n) is 5.87. The molecule has 1 N–H and O–H groups in total. The highest BCUT2D eigenvalue weighted by molar-refractivity contribution is 7.10. The average molecular weight is 255 g/mol. The van der Waals surface area contributed by atoms with Crippen molar-refractivity contribution in [2.45, 2.75) is 19.4 Å². The topological polar surface area (TPSA) is 47.6 Å². The van der Waals surface area contributed by atoms with Gasteiger partial charge in [0.15, 0.2) is 0 Å². The van der Waals surface area contributed by atoms with Gasteiger partial charge in [0, 0.05) is 18.0 Å². The smallest absolute Gasteiger partial charge is 0.327 e. The zero-order valence-corrected chi connectivity index (χ0v) is 10.7. The van der Waals surface area contributed by atoms with Crippen LogP contribution < -0.4 is 5.32 Å². The van der Waals surface area contributed by atoms with Gasteiger partial charge in [-0.1, -0.05) is 0 Å². The molecule has 1 aliphatic heterocycles. The summed E-state index contributed by atoms with van der Waals surface area (Å²) >= 11 is 1.71. The molecule has 17 heavy (non-hydrogen) atoms. The molecule has 0 bridgehead atoms. The van der Waals surface area contributed by atoms with E-state index >= 15 is 0 Å². The van der Waals surface area contributed by atoms with E-state index in [0.717, 1.165) is 18.5 Å². The molecule has 5 heteroatoms. The molecule has 0 radical (unpaired) electrons. The summed E-state index contributed by atoms with van der Waals surface area (Å²) in [4.78, 5) is 13.2. The Balaban J connectivity index is 1.89. The molecule has 0 aromatic carbocycles. The average Bonchev–Trinajstić information content (AvgIpc) is 2.82. The normalized spacial score (nSPS) is 18.8. The highest BCUT2D eigenvalue weighted by atomic mass is 32.1. The van der Waals surface area contributed by atoms with Gasteiger partial charge in [0.05, 0.1) is 6.61 Å². The van der Waals surface area contributed by atoms with E-state index < -0.39 is 0 Å². The molecule has 2 heterocycles. The van der Waals surface area contributed by atoms with E-state index in [9.17, 15) is 4.79 Å². The molecule has 0 fully saturated rings. The molecule has 4 nitrogen and oxygen atoms in total. The highest BCUT2D eigenvalue weighted by Crippen LogP contribution is 2.28. The molecular weight excluding hydrogens is 238 g/mol. The van der Waals surface area contributed by atoms with Gasteiger partial charge in [-0.3, -0.25) is 0 Å². The molecule has 0 saturated heterocycles. The van der Waals surface area contributed by atoms with Gasteiger partial charge in [-0.05, 0) is 30.4 Å². The summed E-state index contributed by atoms with van der Waals surface area (Å²) in [6.07, 6.45) is 0.996. The van der Waals surface area contributed by atoms with Crippen LogP contribution in [0.5, 0.6) is 0 Å². The quantitative estimate of drug-likeness (QED) is 0.640. The Morgan fingerprint density at radius 3 is 3.29 bits per heavy atom. The minimum atomic E-state index is -0.299. The first kappa shape index (κ1) is 12.5. The Kier molecular flexibility index (Phi) is 4.53. The van der Waals surface area contributed by atoms with Gasteiger partial charge in [-0.25, -0.2) is 4.79 Å². The fourth-order valence-corrected chi connectivity index (χ4v) is 2.81. The fourth-order valence-electron chi connectivity index (χ4n) is 1.89. The molecule has 0 amide bonds. The van der Waals surface area contributed by atoms with E-state index in [1.54, 1.807) is 11.3 Å². The van der Waals surface area contributed by atoms with Crippen molar-refractivity contribution >= 4 is 17.3 Å². The standard InChI is InChI=1S/C12H17NO3S/c1-2-15-6-7-16-12(14)11-9-4-8-17-10(9)3-5-13-11/h4,8,11,13H,2-3,5-7H2,1H3. The second-order valence-corrected chi connectivity index (χ2v) is 4.80. The second-order valence-electron chi connectivity index (χ2n) is 3.80. The van der Waals surface area contributed by atoms with Gasteiger partial charge in [0.1, 0.15) is 12.6 Å². The van der Waals surface area contributed by atoms with Crippen molar-refractivity contribution in [1.82, 2.24) is 5.32 Å². The molecule has 1 aromatic rings. The summed E-state index contributed by atoms with van der Waals surface area (Å²) in [6.45, 7) is 4.19. The lowest BCUT2D eigenvalue weighted by Gasteiger charge is -2.22. The maximum absolute atomic E-state index is 11.9. The number of fused-ring (bicyclic) bond motifs is 1. The van der Waals surface area contributed by atoms with Crippen molar-refractivity contribution in [3.8, 4) is 0 Å². The number of thiophene rings is 1. The molecule has 2 rings (SSSR count). The third-order valence-corrected chi connectivity index (χ3v) is 3.70. The molecule has 94 valence electrons. The minimum Gasteiger partial charge on any atom is -0.462 e. The zero-order valence-electron chi connectivity index (χ0n) is 9.90. The number of nitrogens with one attached hydrogen (secondary N) is 1. The van der Waals surface area contributed by atoms with Gasteiger partial charge in [-0.2, -0.15) is 0 Å². The van der Waals surface area contributed by atoms with Crippen LogP contribution in [0.3, 0.4) is 0 Å². The molecule has 1 aliphatic rings. The van der Waals surface area contributed by atoms with Gasteiger partial charge in [-0.15, -0.1) is 11.3 Å². The summed E-state index contributed by atoms with van der Waals surface area (Å²) in [7, 11) is 0. The van der Waals surface area contributed by atoms with Gasteiger partial charge >= 0.3 is 5.97 Å². The van der Waals surface area contributed by atoms with Crippen LogP contribution in [0.15, 0.2) is 11.4 Å². The summed E-state index contributed by atoms with van der Waals surface area (Å²) in [5, 5.41) is 5.22. The van der Waals surface area contributed by atoms with Crippen LogP contribution in [0.4, 0.5) is 0 Å². The van der Waals surface area contributed by atoms with E-state index in [2.05, 4.69) is 5.32 Å². The Bertz CT molecular complexity index is 378. The van der Waals surface area contributed by atoms with E-state index in [0.29, 0.717) is 19.8 Å². The Labute approximate surface area is 105 Å². The molecule has 1 unspecified atom stereocenters. The Morgan fingerprint density at radius 1 is 1.59 bits per heavy atom. The predicted octanol–water partition coefficient (Wildman–Crippen LogP) is 1.51. The highest BCUT2D eigenvalue weighted by Gasteiger charge is 2.27. The van der Waals surface area contributed by atoms with Gasteiger partial charge < -0.3 is 14.8 Å². The summed E-state index contributed by atoms with van der Waals surface area (Å²) in [6, 6.07) is 1.70.